The van der Waals surface area contributed by atoms with Gasteiger partial charge in [0.15, 0.2) is 5.78 Å². The molecular weight excluding hydrogens is 184 g/mol. The first-order valence-electron chi connectivity index (χ1n) is 4.17. The number of nitrogens with zero attached hydrogens (tertiary/aromatic N) is 2. The molecule has 1 heterocycles. The summed E-state index contributed by atoms with van der Waals surface area (Å²) in [6.45, 7) is 1.52. The van der Waals surface area contributed by atoms with Crippen LogP contribution in [0.4, 0.5) is 0 Å². The van der Waals surface area contributed by atoms with Crippen LogP contribution in [0.25, 0.3) is 0 Å². The van der Waals surface area contributed by atoms with E-state index in [1.807, 2.05) is 0 Å². The standard InChI is InChI=1S/C9H12N2O3/c1-6(9(13)14-3)8(12)7-4-10-11(2)5-7/h4-6H,1-3H3. The van der Waals surface area contributed by atoms with Crippen molar-refractivity contribution in [2.24, 2.45) is 13.0 Å². The second kappa shape index (κ2) is 4.04. The van der Waals surface area contributed by atoms with Crippen molar-refractivity contribution in [1.82, 2.24) is 9.78 Å². The van der Waals surface area contributed by atoms with Crippen molar-refractivity contribution in [2.45, 2.75) is 6.92 Å². The predicted octanol–water partition coefficient (Wildman–Crippen LogP) is 0.412. The van der Waals surface area contributed by atoms with Crippen LogP contribution in [0.15, 0.2) is 12.4 Å². The molecule has 0 aromatic carbocycles. The van der Waals surface area contributed by atoms with Crippen molar-refractivity contribution < 1.29 is 14.3 Å². The number of rotatable bonds is 3. The van der Waals surface area contributed by atoms with Crippen LogP contribution >= 0.6 is 0 Å². The maximum absolute atomic E-state index is 11.6. The van der Waals surface area contributed by atoms with Gasteiger partial charge in [0.25, 0.3) is 0 Å². The second-order valence-electron chi connectivity index (χ2n) is 3.01. The SMILES string of the molecule is COC(=O)C(C)C(=O)c1cnn(C)c1. The Labute approximate surface area is 81.7 Å². The van der Waals surface area contributed by atoms with Crippen LogP contribution in [-0.2, 0) is 16.6 Å². The molecule has 5 heteroatoms. The number of hydrogen-bond donors (Lipinski definition) is 0. The zero-order chi connectivity index (χ0) is 10.7. The molecule has 0 N–H and O–H groups in total. The molecule has 5 nitrogen and oxygen atoms in total. The molecule has 0 amide bonds. The first-order valence-corrected chi connectivity index (χ1v) is 4.17. The summed E-state index contributed by atoms with van der Waals surface area (Å²) in [4.78, 5) is 22.7. The summed E-state index contributed by atoms with van der Waals surface area (Å²) in [5.74, 6) is -1.58. The van der Waals surface area contributed by atoms with E-state index in [9.17, 15) is 9.59 Å². The first kappa shape index (κ1) is 10.4. The molecule has 0 fully saturated rings. The number of methoxy groups -OCH3 is 1. The zero-order valence-electron chi connectivity index (χ0n) is 8.35. The Morgan fingerprint density at radius 2 is 2.21 bits per heavy atom. The van der Waals surface area contributed by atoms with E-state index in [1.54, 1.807) is 13.2 Å². The summed E-state index contributed by atoms with van der Waals surface area (Å²) in [5, 5.41) is 3.85. The molecule has 0 saturated heterocycles. The highest BCUT2D eigenvalue weighted by molar-refractivity contribution is 6.08. The summed E-state index contributed by atoms with van der Waals surface area (Å²) in [6.07, 6.45) is 3.00. The van der Waals surface area contributed by atoms with Crippen LogP contribution in [0, 0.1) is 5.92 Å². The molecule has 1 rings (SSSR count). The van der Waals surface area contributed by atoms with E-state index in [-0.39, 0.29) is 5.78 Å². The lowest BCUT2D eigenvalue weighted by Gasteiger charge is -2.05. The fourth-order valence-electron chi connectivity index (χ4n) is 1.08. The van der Waals surface area contributed by atoms with Crippen LogP contribution in [0.1, 0.15) is 17.3 Å². The molecule has 0 aliphatic heterocycles. The molecule has 1 unspecified atom stereocenters. The molecule has 0 aliphatic carbocycles. The number of ether oxygens (including phenoxy) is 1. The molecule has 0 bridgehead atoms. The number of ketones is 1. The Morgan fingerprint density at radius 1 is 1.57 bits per heavy atom. The summed E-state index contributed by atoms with van der Waals surface area (Å²) in [6, 6.07) is 0. The van der Waals surface area contributed by atoms with Gasteiger partial charge in [-0.1, -0.05) is 0 Å². The highest BCUT2D eigenvalue weighted by Gasteiger charge is 2.24. The van der Waals surface area contributed by atoms with Gasteiger partial charge in [0.1, 0.15) is 5.92 Å². The average molecular weight is 196 g/mol. The maximum atomic E-state index is 11.6. The van der Waals surface area contributed by atoms with Gasteiger partial charge < -0.3 is 4.74 Å². The van der Waals surface area contributed by atoms with Crippen LogP contribution in [0.5, 0.6) is 0 Å². The molecule has 1 aromatic heterocycles. The molecule has 1 atom stereocenters. The Balaban J connectivity index is 2.80. The van der Waals surface area contributed by atoms with Crippen molar-refractivity contribution in [2.75, 3.05) is 7.11 Å². The second-order valence-corrected chi connectivity index (χ2v) is 3.01. The first-order chi connectivity index (χ1) is 6.56. The molecule has 14 heavy (non-hydrogen) atoms. The number of Topliss-reactive ketones (excluding diaryl/α,β-unsaturated/α-hetero) is 1. The lowest BCUT2D eigenvalue weighted by atomic mass is 10.0. The number of carbonyl (C=O) groups is 2. The van der Waals surface area contributed by atoms with Crippen LogP contribution < -0.4 is 0 Å². The quantitative estimate of drug-likeness (QED) is 0.399. The van der Waals surface area contributed by atoms with Crippen LogP contribution in [0.3, 0.4) is 0 Å². The number of aromatic nitrogens is 2. The van der Waals surface area contributed by atoms with Crippen LogP contribution in [0.2, 0.25) is 0 Å². The van der Waals surface area contributed by atoms with Crippen molar-refractivity contribution in [3.63, 3.8) is 0 Å². The van der Waals surface area contributed by atoms with Gasteiger partial charge in [0.2, 0.25) is 0 Å². The molecule has 1 aromatic rings. The summed E-state index contributed by atoms with van der Waals surface area (Å²) in [7, 11) is 2.97. The third-order valence-electron chi connectivity index (χ3n) is 1.94. The van der Waals surface area contributed by atoms with Gasteiger partial charge >= 0.3 is 5.97 Å². The van der Waals surface area contributed by atoms with Crippen LogP contribution in [-0.4, -0.2) is 28.6 Å². The van der Waals surface area contributed by atoms with Crippen molar-refractivity contribution in [1.29, 1.82) is 0 Å². The third kappa shape index (κ3) is 1.99. The van der Waals surface area contributed by atoms with E-state index in [4.69, 9.17) is 0 Å². The Bertz CT molecular complexity index is 357. The van der Waals surface area contributed by atoms with Gasteiger partial charge in [0.05, 0.1) is 18.9 Å². The number of aryl methyl sites for hydroxylation is 1. The fourth-order valence-corrected chi connectivity index (χ4v) is 1.08. The van der Waals surface area contributed by atoms with Crippen molar-refractivity contribution in [3.8, 4) is 0 Å². The van der Waals surface area contributed by atoms with Crippen molar-refractivity contribution in [3.05, 3.63) is 18.0 Å². The fraction of sp³-hybridized carbons (Fsp3) is 0.444. The van der Waals surface area contributed by atoms with E-state index < -0.39 is 11.9 Å². The monoisotopic (exact) mass is 196 g/mol. The van der Waals surface area contributed by atoms with Gasteiger partial charge in [-0.15, -0.1) is 0 Å². The largest absolute Gasteiger partial charge is 0.468 e. The van der Waals surface area contributed by atoms with Crippen molar-refractivity contribution >= 4 is 11.8 Å². The smallest absolute Gasteiger partial charge is 0.316 e. The Kier molecular flexibility index (Phi) is 3.01. The minimum Gasteiger partial charge on any atom is -0.468 e. The van der Waals surface area contributed by atoms with Gasteiger partial charge in [-0.2, -0.15) is 5.10 Å². The summed E-state index contributed by atoms with van der Waals surface area (Å²) >= 11 is 0. The van der Waals surface area contributed by atoms with Gasteiger partial charge in [-0.25, -0.2) is 0 Å². The molecule has 76 valence electrons. The number of carbonyl (C=O) groups excluding carboxylic acids is 2. The zero-order valence-corrected chi connectivity index (χ0v) is 8.35. The lowest BCUT2D eigenvalue weighted by molar-refractivity contribution is -0.143. The minimum absolute atomic E-state index is 0.273. The van der Waals surface area contributed by atoms with Gasteiger partial charge in [0, 0.05) is 13.2 Å². The Morgan fingerprint density at radius 3 is 2.64 bits per heavy atom. The van der Waals surface area contributed by atoms with E-state index in [2.05, 4.69) is 9.84 Å². The molecular formula is C9H12N2O3. The average Bonchev–Trinajstić information content (AvgIpc) is 2.61. The highest BCUT2D eigenvalue weighted by Crippen LogP contribution is 2.08. The normalized spacial score (nSPS) is 12.2. The number of hydrogen-bond acceptors (Lipinski definition) is 4. The molecule has 0 spiro atoms. The summed E-state index contributed by atoms with van der Waals surface area (Å²) < 4.78 is 5.99. The Hall–Kier alpha value is -1.65. The molecule has 0 radical (unpaired) electrons. The molecule has 0 saturated carbocycles. The minimum atomic E-state index is -0.774. The van der Waals surface area contributed by atoms with E-state index in [0.717, 1.165) is 0 Å². The lowest BCUT2D eigenvalue weighted by Crippen LogP contribution is -2.22. The predicted molar refractivity (Wildman–Crippen MR) is 48.7 cm³/mol. The maximum Gasteiger partial charge on any atom is 0.316 e. The summed E-state index contributed by atoms with van der Waals surface area (Å²) in [5.41, 5.74) is 0.422. The van der Waals surface area contributed by atoms with E-state index >= 15 is 0 Å². The van der Waals surface area contributed by atoms with Gasteiger partial charge in [-0.05, 0) is 6.92 Å². The number of esters is 1. The van der Waals surface area contributed by atoms with E-state index in [0.29, 0.717) is 5.56 Å². The van der Waals surface area contributed by atoms with Gasteiger partial charge in [-0.3, -0.25) is 14.3 Å². The highest BCUT2D eigenvalue weighted by atomic mass is 16.5. The third-order valence-corrected chi connectivity index (χ3v) is 1.94. The van der Waals surface area contributed by atoms with E-state index in [1.165, 1.54) is 24.9 Å². The topological polar surface area (TPSA) is 61.2 Å². The molecule has 0 aliphatic rings.